The number of aromatic nitrogens is 2. The second-order valence-corrected chi connectivity index (χ2v) is 8.94. The van der Waals surface area contributed by atoms with E-state index in [1.807, 2.05) is 24.3 Å². The molecule has 162 valence electrons. The van der Waals surface area contributed by atoms with Gasteiger partial charge in [-0.15, -0.1) is 0 Å². The monoisotopic (exact) mass is 427 g/mol. The van der Waals surface area contributed by atoms with E-state index in [9.17, 15) is 5.26 Å². The standard InChI is InChI=1S/C25H26N6O/c1-16-13-30(22-6-4-17(11-26)25-20(22)3-2-9-28-25)15-23-19-5-7-24(29-21(19)14-31(16)23)32-18-8-10-27-12-18/h2-7,9,16,18,23,27H,8,10,12-15H2,1H3/t16-,18+,23-/m1/s1/i9D. The number of rotatable bonds is 3. The van der Waals surface area contributed by atoms with Crippen LogP contribution in [-0.4, -0.2) is 53.2 Å². The second kappa shape index (κ2) is 7.73. The van der Waals surface area contributed by atoms with Crippen LogP contribution in [0.15, 0.2) is 42.6 Å². The van der Waals surface area contributed by atoms with Gasteiger partial charge in [0.2, 0.25) is 5.88 Å². The molecule has 2 fully saturated rings. The Labute approximate surface area is 189 Å². The van der Waals surface area contributed by atoms with Gasteiger partial charge in [0.05, 0.1) is 24.2 Å². The summed E-state index contributed by atoms with van der Waals surface area (Å²) in [6.07, 6.45) is 1.40. The molecule has 0 amide bonds. The lowest BCUT2D eigenvalue weighted by atomic mass is 10.0. The number of piperazine rings is 1. The number of fused-ring (bicyclic) bond motifs is 4. The molecule has 2 aromatic heterocycles. The van der Waals surface area contributed by atoms with Gasteiger partial charge in [0.25, 0.3) is 0 Å². The smallest absolute Gasteiger partial charge is 0.213 e. The van der Waals surface area contributed by atoms with Crippen LogP contribution in [0.1, 0.15) is 37.6 Å². The van der Waals surface area contributed by atoms with Crippen LogP contribution in [0.5, 0.6) is 5.88 Å². The summed E-state index contributed by atoms with van der Waals surface area (Å²) < 4.78 is 14.0. The van der Waals surface area contributed by atoms with E-state index in [2.05, 4.69) is 39.2 Å². The van der Waals surface area contributed by atoms with Crippen molar-refractivity contribution >= 4 is 16.6 Å². The van der Waals surface area contributed by atoms with E-state index in [0.29, 0.717) is 17.1 Å². The van der Waals surface area contributed by atoms with Crippen molar-refractivity contribution < 1.29 is 6.11 Å². The van der Waals surface area contributed by atoms with E-state index in [1.165, 1.54) is 5.56 Å². The maximum Gasteiger partial charge on any atom is 0.213 e. The summed E-state index contributed by atoms with van der Waals surface area (Å²) >= 11 is 0. The first kappa shape index (κ1) is 18.4. The van der Waals surface area contributed by atoms with Gasteiger partial charge in [-0.3, -0.25) is 9.88 Å². The van der Waals surface area contributed by atoms with Crippen molar-refractivity contribution in [2.45, 2.75) is 38.1 Å². The van der Waals surface area contributed by atoms with Gasteiger partial charge in [0.1, 0.15) is 12.2 Å². The summed E-state index contributed by atoms with van der Waals surface area (Å²) in [6.45, 7) is 6.71. The number of pyridine rings is 2. The Morgan fingerprint density at radius 2 is 2.19 bits per heavy atom. The average Bonchev–Trinajstić information content (AvgIpc) is 3.46. The summed E-state index contributed by atoms with van der Waals surface area (Å²) in [4.78, 5) is 14.2. The molecule has 0 spiro atoms. The van der Waals surface area contributed by atoms with Crippen molar-refractivity contribution in [3.63, 3.8) is 0 Å². The van der Waals surface area contributed by atoms with E-state index in [4.69, 9.17) is 11.1 Å². The molecule has 2 saturated heterocycles. The lowest BCUT2D eigenvalue weighted by molar-refractivity contribution is 0.133. The first-order valence-electron chi connectivity index (χ1n) is 11.8. The molecule has 0 unspecified atom stereocenters. The molecule has 3 atom stereocenters. The quantitative estimate of drug-likeness (QED) is 0.688. The normalized spacial score (nSPS) is 25.3. The SMILES string of the molecule is [2H]c1ccc2c(N3C[C@@H](C)N4Cc5nc(O[C@H]6CCNC6)ccc5[C@H]4C3)ccc(C#N)c2n1. The van der Waals surface area contributed by atoms with Crippen molar-refractivity contribution in [2.75, 3.05) is 31.1 Å². The summed E-state index contributed by atoms with van der Waals surface area (Å²) in [5.41, 5.74) is 4.57. The molecule has 0 saturated carbocycles. The van der Waals surface area contributed by atoms with E-state index < -0.39 is 0 Å². The minimum absolute atomic E-state index is 0.177. The van der Waals surface area contributed by atoms with E-state index in [-0.39, 0.29) is 18.3 Å². The molecule has 7 nitrogen and oxygen atoms in total. The van der Waals surface area contributed by atoms with Gasteiger partial charge in [-0.2, -0.15) is 5.26 Å². The van der Waals surface area contributed by atoms with Crippen molar-refractivity contribution in [1.29, 1.82) is 5.26 Å². The number of hydrogen-bond acceptors (Lipinski definition) is 7. The molecular formula is C25H26N6O. The van der Waals surface area contributed by atoms with Crippen LogP contribution < -0.4 is 15.0 Å². The Morgan fingerprint density at radius 1 is 1.25 bits per heavy atom. The lowest BCUT2D eigenvalue weighted by Crippen LogP contribution is -2.51. The molecule has 3 aliphatic rings. The molecule has 32 heavy (non-hydrogen) atoms. The van der Waals surface area contributed by atoms with Crippen LogP contribution in [0.25, 0.3) is 10.9 Å². The minimum atomic E-state index is 0.177. The maximum absolute atomic E-state index is 9.52. The van der Waals surface area contributed by atoms with Gasteiger partial charge in [-0.25, -0.2) is 4.98 Å². The van der Waals surface area contributed by atoms with Gasteiger partial charge in [0.15, 0.2) is 0 Å². The fourth-order valence-electron chi connectivity index (χ4n) is 5.39. The van der Waals surface area contributed by atoms with Crippen molar-refractivity contribution in [1.82, 2.24) is 20.2 Å². The average molecular weight is 428 g/mol. The van der Waals surface area contributed by atoms with Crippen LogP contribution in [-0.2, 0) is 6.54 Å². The number of benzene rings is 1. The molecule has 5 heterocycles. The van der Waals surface area contributed by atoms with Gasteiger partial charge < -0.3 is 15.0 Å². The van der Waals surface area contributed by atoms with Gasteiger partial charge >= 0.3 is 0 Å². The zero-order chi connectivity index (χ0) is 22.5. The van der Waals surface area contributed by atoms with E-state index in [1.54, 1.807) is 6.07 Å². The minimum Gasteiger partial charge on any atom is -0.473 e. The highest BCUT2D eigenvalue weighted by Gasteiger charge is 2.40. The summed E-state index contributed by atoms with van der Waals surface area (Å²) in [7, 11) is 0. The second-order valence-electron chi connectivity index (χ2n) is 8.94. The first-order chi connectivity index (χ1) is 16.1. The molecular weight excluding hydrogens is 400 g/mol. The Bertz CT molecular complexity index is 1270. The predicted molar refractivity (Wildman–Crippen MR) is 123 cm³/mol. The van der Waals surface area contributed by atoms with Crippen LogP contribution >= 0.6 is 0 Å². The van der Waals surface area contributed by atoms with Crippen LogP contribution in [0.4, 0.5) is 5.69 Å². The Hall–Kier alpha value is -3.21. The third-order valence-corrected chi connectivity index (χ3v) is 6.98. The molecule has 0 radical (unpaired) electrons. The summed E-state index contributed by atoms with van der Waals surface area (Å²) in [5, 5.41) is 13.8. The molecule has 3 aromatic rings. The van der Waals surface area contributed by atoms with Crippen molar-refractivity contribution in [2.24, 2.45) is 0 Å². The first-order valence-corrected chi connectivity index (χ1v) is 11.3. The third-order valence-electron chi connectivity index (χ3n) is 6.98. The Kier molecular flexibility index (Phi) is 4.44. The maximum atomic E-state index is 9.52. The zero-order valence-corrected chi connectivity index (χ0v) is 18.1. The number of hydrogen-bond donors (Lipinski definition) is 1. The highest BCUT2D eigenvalue weighted by Crippen LogP contribution is 2.41. The van der Waals surface area contributed by atoms with Gasteiger partial charge in [-0.05, 0) is 49.7 Å². The molecule has 1 N–H and O–H groups in total. The van der Waals surface area contributed by atoms with Crippen LogP contribution in [0, 0.1) is 11.3 Å². The fourth-order valence-corrected chi connectivity index (χ4v) is 5.39. The van der Waals surface area contributed by atoms with E-state index >= 15 is 0 Å². The molecule has 6 rings (SSSR count). The Morgan fingerprint density at radius 3 is 3.03 bits per heavy atom. The summed E-state index contributed by atoms with van der Waals surface area (Å²) in [5.74, 6) is 0.724. The predicted octanol–water partition coefficient (Wildman–Crippen LogP) is 3.01. The highest BCUT2D eigenvalue weighted by atomic mass is 16.5. The van der Waals surface area contributed by atoms with Crippen molar-refractivity contribution in [3.8, 4) is 11.9 Å². The van der Waals surface area contributed by atoms with Crippen LogP contribution in [0.3, 0.4) is 0 Å². The number of nitrogens with one attached hydrogen (secondary N) is 1. The number of ether oxygens (including phenoxy) is 1. The van der Waals surface area contributed by atoms with Crippen LogP contribution in [0.2, 0.25) is 0 Å². The molecule has 1 aromatic carbocycles. The Balaban J connectivity index is 1.31. The molecule has 7 heteroatoms. The number of anilines is 1. The van der Waals surface area contributed by atoms with Gasteiger partial charge in [-0.1, -0.05) is 6.07 Å². The third kappa shape index (κ3) is 3.19. The lowest BCUT2D eigenvalue weighted by Gasteiger charge is -2.43. The molecule has 0 bridgehead atoms. The summed E-state index contributed by atoms with van der Waals surface area (Å²) in [6, 6.07) is 14.5. The fraction of sp³-hybridized carbons (Fsp3) is 0.400. The molecule has 3 aliphatic heterocycles. The number of nitriles is 1. The molecule has 0 aliphatic carbocycles. The zero-order valence-electron chi connectivity index (χ0n) is 19.1. The van der Waals surface area contributed by atoms with Gasteiger partial charge in [0, 0.05) is 55.5 Å². The largest absolute Gasteiger partial charge is 0.473 e. The highest BCUT2D eigenvalue weighted by molar-refractivity contribution is 5.95. The number of nitrogens with zero attached hydrogens (tertiary/aromatic N) is 5. The van der Waals surface area contributed by atoms with Crippen molar-refractivity contribution in [3.05, 3.63) is 59.4 Å². The van der Waals surface area contributed by atoms with E-state index in [0.717, 1.165) is 61.8 Å². The topological polar surface area (TPSA) is 77.3 Å².